The maximum absolute atomic E-state index is 14.0. The van der Waals surface area contributed by atoms with Gasteiger partial charge in [0.1, 0.15) is 0 Å². The van der Waals surface area contributed by atoms with Gasteiger partial charge in [-0.15, -0.1) is 0 Å². The van der Waals surface area contributed by atoms with E-state index in [-0.39, 0.29) is 11.6 Å². The van der Waals surface area contributed by atoms with E-state index in [0.29, 0.717) is 17.5 Å². The van der Waals surface area contributed by atoms with E-state index in [0.717, 1.165) is 17.8 Å². The minimum absolute atomic E-state index is 0.217. The van der Waals surface area contributed by atoms with E-state index in [2.05, 4.69) is 10.3 Å². The van der Waals surface area contributed by atoms with Gasteiger partial charge in [0.25, 0.3) is 0 Å². The highest BCUT2D eigenvalue weighted by atomic mass is 19.1. The lowest BCUT2D eigenvalue weighted by Gasteiger charge is -2.10. The number of aromatic nitrogens is 1. The second kappa shape index (κ2) is 5.82. The zero-order chi connectivity index (χ0) is 14.8. The molecule has 0 spiro atoms. The minimum atomic E-state index is -0.335. The summed E-state index contributed by atoms with van der Waals surface area (Å²) in [5, 5.41) is 3.45. The number of aryl methyl sites for hydroxylation is 2. The molecule has 1 saturated carbocycles. The Morgan fingerprint density at radius 3 is 2.86 bits per heavy atom. The summed E-state index contributed by atoms with van der Waals surface area (Å²) in [4.78, 5) is 4.33. The molecule has 0 amide bonds. The predicted molar refractivity (Wildman–Crippen MR) is 80.0 cm³/mol. The topological polar surface area (TPSA) is 34.1 Å². The van der Waals surface area contributed by atoms with Crippen molar-refractivity contribution in [2.24, 2.45) is 0 Å². The summed E-state index contributed by atoms with van der Waals surface area (Å²) < 4.78 is 19.6. The van der Waals surface area contributed by atoms with E-state index >= 15 is 0 Å². The van der Waals surface area contributed by atoms with Crippen molar-refractivity contribution < 1.29 is 9.13 Å². The molecular formula is C17H19FN2O. The first-order valence-electron chi connectivity index (χ1n) is 7.26. The van der Waals surface area contributed by atoms with E-state index in [4.69, 9.17) is 4.74 Å². The third-order valence-corrected chi connectivity index (χ3v) is 3.53. The van der Waals surface area contributed by atoms with Gasteiger partial charge in [0.2, 0.25) is 5.88 Å². The summed E-state index contributed by atoms with van der Waals surface area (Å²) in [6.07, 6.45) is 2.50. The second-order valence-electron chi connectivity index (χ2n) is 5.60. The van der Waals surface area contributed by atoms with Crippen molar-refractivity contribution in [3.8, 4) is 11.6 Å². The standard InChI is InChI=1S/C17H19FN2O/c1-11-4-3-5-15(17(11)18)21-16-9-13(8-12(2)20-16)10-19-14-6-7-14/h3-5,8-9,14,19H,6-7,10H2,1-2H3. The van der Waals surface area contributed by atoms with Crippen LogP contribution in [0.25, 0.3) is 0 Å². The fraction of sp³-hybridized carbons (Fsp3) is 0.353. The summed E-state index contributed by atoms with van der Waals surface area (Å²) in [5.74, 6) is 0.319. The Morgan fingerprint density at radius 1 is 1.29 bits per heavy atom. The van der Waals surface area contributed by atoms with Crippen LogP contribution >= 0.6 is 0 Å². The van der Waals surface area contributed by atoms with Gasteiger partial charge >= 0.3 is 0 Å². The predicted octanol–water partition coefficient (Wildman–Crippen LogP) is 3.88. The number of benzene rings is 1. The third kappa shape index (κ3) is 3.58. The molecule has 1 N–H and O–H groups in total. The largest absolute Gasteiger partial charge is 0.436 e. The smallest absolute Gasteiger partial charge is 0.219 e. The molecule has 110 valence electrons. The fourth-order valence-electron chi connectivity index (χ4n) is 2.22. The quantitative estimate of drug-likeness (QED) is 0.905. The van der Waals surface area contributed by atoms with Crippen LogP contribution in [-0.2, 0) is 6.54 Å². The summed E-state index contributed by atoms with van der Waals surface area (Å²) in [7, 11) is 0. The molecule has 1 fully saturated rings. The highest BCUT2D eigenvalue weighted by Gasteiger charge is 2.20. The number of ether oxygens (including phenoxy) is 1. The second-order valence-corrected chi connectivity index (χ2v) is 5.60. The Hall–Kier alpha value is -1.94. The van der Waals surface area contributed by atoms with Crippen molar-refractivity contribution in [2.75, 3.05) is 0 Å². The van der Waals surface area contributed by atoms with Crippen LogP contribution in [0.1, 0.15) is 29.7 Å². The molecular weight excluding hydrogens is 267 g/mol. The van der Waals surface area contributed by atoms with Gasteiger partial charge in [0.05, 0.1) is 0 Å². The van der Waals surface area contributed by atoms with E-state index in [1.54, 1.807) is 25.1 Å². The summed E-state index contributed by atoms with van der Waals surface area (Å²) in [6, 6.07) is 9.65. The first-order valence-corrected chi connectivity index (χ1v) is 7.26. The highest BCUT2D eigenvalue weighted by molar-refractivity contribution is 5.34. The molecule has 0 saturated heterocycles. The number of nitrogens with zero attached hydrogens (tertiary/aromatic N) is 1. The Morgan fingerprint density at radius 2 is 2.10 bits per heavy atom. The lowest BCUT2D eigenvalue weighted by molar-refractivity contribution is 0.424. The van der Waals surface area contributed by atoms with Crippen molar-refractivity contribution in [1.82, 2.24) is 10.3 Å². The van der Waals surface area contributed by atoms with Gasteiger partial charge in [0.15, 0.2) is 11.6 Å². The van der Waals surface area contributed by atoms with E-state index in [9.17, 15) is 4.39 Å². The number of rotatable bonds is 5. The monoisotopic (exact) mass is 286 g/mol. The Balaban J connectivity index is 1.78. The third-order valence-electron chi connectivity index (χ3n) is 3.53. The molecule has 2 aromatic rings. The summed E-state index contributed by atoms with van der Waals surface area (Å²) in [6.45, 7) is 4.43. The number of hydrogen-bond acceptors (Lipinski definition) is 3. The molecule has 0 unspecified atom stereocenters. The van der Waals surface area contributed by atoms with Crippen LogP contribution in [0.3, 0.4) is 0 Å². The van der Waals surface area contributed by atoms with Gasteiger partial charge in [-0.25, -0.2) is 9.37 Å². The van der Waals surface area contributed by atoms with Crippen LogP contribution in [0.2, 0.25) is 0 Å². The zero-order valence-electron chi connectivity index (χ0n) is 12.3. The number of pyridine rings is 1. The van der Waals surface area contributed by atoms with Gasteiger partial charge in [-0.2, -0.15) is 0 Å². The van der Waals surface area contributed by atoms with Gasteiger partial charge in [-0.3, -0.25) is 0 Å². The van der Waals surface area contributed by atoms with E-state index < -0.39 is 0 Å². The molecule has 0 bridgehead atoms. The molecule has 1 aromatic heterocycles. The lowest BCUT2D eigenvalue weighted by Crippen LogP contribution is -2.15. The molecule has 3 rings (SSSR count). The van der Waals surface area contributed by atoms with Crippen molar-refractivity contribution in [3.63, 3.8) is 0 Å². The lowest BCUT2D eigenvalue weighted by atomic mass is 10.2. The van der Waals surface area contributed by atoms with Gasteiger partial charge < -0.3 is 10.1 Å². The minimum Gasteiger partial charge on any atom is -0.436 e. The Kier molecular flexibility index (Phi) is 3.88. The van der Waals surface area contributed by atoms with Crippen LogP contribution in [0.4, 0.5) is 4.39 Å². The Labute approximate surface area is 124 Å². The number of hydrogen-bond donors (Lipinski definition) is 1. The molecule has 0 atom stereocenters. The molecule has 0 aliphatic heterocycles. The van der Waals surface area contributed by atoms with Crippen molar-refractivity contribution in [3.05, 3.63) is 53.0 Å². The molecule has 0 radical (unpaired) electrons. The maximum atomic E-state index is 14.0. The van der Waals surface area contributed by atoms with Crippen molar-refractivity contribution in [1.29, 1.82) is 0 Å². The van der Waals surface area contributed by atoms with Crippen molar-refractivity contribution >= 4 is 0 Å². The van der Waals surface area contributed by atoms with Gasteiger partial charge in [-0.1, -0.05) is 12.1 Å². The molecule has 1 heterocycles. The summed E-state index contributed by atoms with van der Waals surface area (Å²) in [5.41, 5.74) is 2.54. The molecule has 4 heteroatoms. The first kappa shape index (κ1) is 14.0. The number of halogens is 1. The summed E-state index contributed by atoms with van der Waals surface area (Å²) >= 11 is 0. The molecule has 21 heavy (non-hydrogen) atoms. The van der Waals surface area contributed by atoms with E-state index in [1.807, 2.05) is 19.1 Å². The SMILES string of the molecule is Cc1cc(CNC2CC2)cc(Oc2cccc(C)c2F)n1. The van der Waals surface area contributed by atoms with Crippen LogP contribution in [0.5, 0.6) is 11.6 Å². The maximum Gasteiger partial charge on any atom is 0.219 e. The van der Waals surface area contributed by atoms with Crippen LogP contribution in [-0.4, -0.2) is 11.0 Å². The van der Waals surface area contributed by atoms with Crippen LogP contribution in [0.15, 0.2) is 30.3 Å². The number of nitrogens with one attached hydrogen (secondary N) is 1. The molecule has 1 aromatic carbocycles. The average Bonchev–Trinajstić information content (AvgIpc) is 3.25. The van der Waals surface area contributed by atoms with Crippen LogP contribution in [0, 0.1) is 19.7 Å². The normalized spacial score (nSPS) is 14.2. The fourth-order valence-corrected chi connectivity index (χ4v) is 2.22. The average molecular weight is 286 g/mol. The first-order chi connectivity index (χ1) is 10.1. The highest BCUT2D eigenvalue weighted by Crippen LogP contribution is 2.26. The zero-order valence-corrected chi connectivity index (χ0v) is 12.3. The van der Waals surface area contributed by atoms with Crippen molar-refractivity contribution in [2.45, 2.75) is 39.3 Å². The van der Waals surface area contributed by atoms with Crippen LogP contribution < -0.4 is 10.1 Å². The van der Waals surface area contributed by atoms with E-state index in [1.165, 1.54) is 12.8 Å². The molecule has 3 nitrogen and oxygen atoms in total. The molecule has 1 aliphatic rings. The Bertz CT molecular complexity index is 653. The van der Waals surface area contributed by atoms with Gasteiger partial charge in [0, 0.05) is 24.3 Å². The van der Waals surface area contributed by atoms with Gasteiger partial charge in [-0.05, 0) is 49.9 Å². The molecule has 1 aliphatic carbocycles.